The Bertz CT molecular complexity index is 1160. The molecule has 4 aliphatic heterocycles. The first-order valence-corrected chi connectivity index (χ1v) is 17.9. The Morgan fingerprint density at radius 3 is 2.47 bits per heavy atom. The third-order valence-electron chi connectivity index (χ3n) is 12.1. The molecular formula is C34H58N8O3. The summed E-state index contributed by atoms with van der Waals surface area (Å²) in [6, 6.07) is 7.82. The van der Waals surface area contributed by atoms with Crippen LogP contribution in [0.4, 0.5) is 11.4 Å². The summed E-state index contributed by atoms with van der Waals surface area (Å²) in [6.45, 7) is 12.5. The smallest absolute Gasteiger partial charge is 0.142 e. The minimum absolute atomic E-state index is 0.0217. The maximum Gasteiger partial charge on any atom is 0.142 e. The number of likely N-dealkylation sites (N-methyl/N-ethyl adjacent to an activating group) is 2. The zero-order valence-electron chi connectivity index (χ0n) is 27.8. The number of rotatable bonds is 11. The maximum absolute atomic E-state index is 11.3. The van der Waals surface area contributed by atoms with Gasteiger partial charge in [0.2, 0.25) is 0 Å². The van der Waals surface area contributed by atoms with Gasteiger partial charge in [-0.25, -0.2) is 4.90 Å². The van der Waals surface area contributed by atoms with E-state index in [1.54, 1.807) is 0 Å². The van der Waals surface area contributed by atoms with Crippen LogP contribution in [0.5, 0.6) is 0 Å². The summed E-state index contributed by atoms with van der Waals surface area (Å²) in [6.07, 6.45) is 6.06. The molecule has 252 valence electrons. The molecule has 4 heterocycles. The van der Waals surface area contributed by atoms with Crippen molar-refractivity contribution in [1.82, 2.24) is 24.9 Å². The van der Waals surface area contributed by atoms with Gasteiger partial charge in [0.15, 0.2) is 0 Å². The van der Waals surface area contributed by atoms with Gasteiger partial charge in [0, 0.05) is 18.6 Å². The van der Waals surface area contributed by atoms with E-state index < -0.39 is 24.5 Å². The highest BCUT2D eigenvalue weighted by atomic mass is 16.6. The van der Waals surface area contributed by atoms with Crippen molar-refractivity contribution in [3.05, 3.63) is 23.8 Å². The molecule has 5 fully saturated rings. The molecule has 0 bridgehead atoms. The highest BCUT2D eigenvalue weighted by molar-refractivity contribution is 5.75. The molecule has 11 nitrogen and oxygen atoms in total. The molecule has 0 aromatic heterocycles. The molecule has 1 aromatic rings. The number of nitrogens with one attached hydrogen (secondary N) is 3. The van der Waals surface area contributed by atoms with E-state index in [2.05, 4.69) is 81.4 Å². The van der Waals surface area contributed by atoms with Crippen molar-refractivity contribution in [2.75, 3.05) is 43.6 Å². The zero-order chi connectivity index (χ0) is 31.4. The second-order valence-electron chi connectivity index (χ2n) is 14.9. The first kappa shape index (κ1) is 32.0. The highest BCUT2D eigenvalue weighted by Gasteiger charge is 2.54. The summed E-state index contributed by atoms with van der Waals surface area (Å²) in [5, 5.41) is 33.5. The van der Waals surface area contributed by atoms with Gasteiger partial charge >= 0.3 is 0 Å². The third kappa shape index (κ3) is 6.02. The van der Waals surface area contributed by atoms with Gasteiger partial charge in [-0.15, -0.1) is 0 Å². The predicted molar refractivity (Wildman–Crippen MR) is 177 cm³/mol. The van der Waals surface area contributed by atoms with Crippen molar-refractivity contribution in [1.29, 1.82) is 0 Å². The topological polar surface area (TPSA) is 125 Å². The van der Waals surface area contributed by atoms with Gasteiger partial charge in [0.1, 0.15) is 24.5 Å². The fraction of sp³-hybridized carbons (Fsp3) is 0.824. The van der Waals surface area contributed by atoms with E-state index in [9.17, 15) is 10.2 Å². The summed E-state index contributed by atoms with van der Waals surface area (Å²) in [4.78, 5) is 9.36. The number of aliphatic hydroxyl groups is 2. The first-order valence-electron chi connectivity index (χ1n) is 17.9. The van der Waals surface area contributed by atoms with Gasteiger partial charge < -0.3 is 31.3 Å². The first-order chi connectivity index (χ1) is 21.7. The summed E-state index contributed by atoms with van der Waals surface area (Å²) >= 11 is 0. The largest absolute Gasteiger partial charge is 0.387 e. The number of nitrogens with zero attached hydrogens (tertiary/aromatic N) is 4. The molecule has 45 heavy (non-hydrogen) atoms. The molecule has 8 atom stereocenters. The minimum Gasteiger partial charge on any atom is -0.387 e. The van der Waals surface area contributed by atoms with Gasteiger partial charge in [-0.3, -0.25) is 20.0 Å². The van der Waals surface area contributed by atoms with Crippen molar-refractivity contribution < 1.29 is 14.9 Å². The molecule has 3 saturated heterocycles. The lowest BCUT2D eigenvalue weighted by molar-refractivity contribution is -0.146. The van der Waals surface area contributed by atoms with E-state index in [0.717, 1.165) is 32.1 Å². The van der Waals surface area contributed by atoms with Gasteiger partial charge in [0.25, 0.3) is 0 Å². The van der Waals surface area contributed by atoms with Crippen LogP contribution in [0.25, 0.3) is 0 Å². The average molecular weight is 627 g/mol. The monoisotopic (exact) mass is 626 g/mol. The number of nitrogens with two attached hydrogens (primary N) is 1. The molecule has 0 radical (unpaired) electrons. The Hall–Kier alpha value is -1.54. The Balaban J connectivity index is 0.907. The summed E-state index contributed by atoms with van der Waals surface area (Å²) in [5.41, 5.74) is 10.7. The van der Waals surface area contributed by atoms with Crippen LogP contribution in [-0.2, 0) is 4.74 Å². The number of benzene rings is 1. The lowest BCUT2D eigenvalue weighted by atomic mass is 9.76. The van der Waals surface area contributed by atoms with Crippen molar-refractivity contribution in [3.8, 4) is 0 Å². The molecule has 2 saturated carbocycles. The Kier molecular flexibility index (Phi) is 9.37. The Morgan fingerprint density at radius 2 is 1.78 bits per heavy atom. The lowest BCUT2D eigenvalue weighted by Gasteiger charge is -2.49. The molecule has 0 spiro atoms. The SMILES string of the molecule is CCN1CN(CC)C2C(NCN2[C@@H]2O[C@H](CN(C(C)C)C3CC(CCC4Nc5ccc(C6CCC6)cc5N4)C3)[C@@H](O)[C@H]2O)C1N. The van der Waals surface area contributed by atoms with Gasteiger partial charge in [-0.2, -0.15) is 0 Å². The fourth-order valence-corrected chi connectivity index (χ4v) is 8.94. The molecule has 0 amide bonds. The number of fused-ring (bicyclic) bond motifs is 2. The number of aliphatic hydroxyl groups excluding tert-OH is 2. The van der Waals surface area contributed by atoms with Crippen molar-refractivity contribution >= 4 is 11.4 Å². The van der Waals surface area contributed by atoms with E-state index in [1.807, 2.05) is 0 Å². The molecular weight excluding hydrogens is 568 g/mol. The number of ether oxygens (including phenoxy) is 1. The second kappa shape index (κ2) is 13.2. The van der Waals surface area contributed by atoms with E-state index in [4.69, 9.17) is 10.5 Å². The van der Waals surface area contributed by atoms with E-state index in [-0.39, 0.29) is 18.4 Å². The zero-order valence-corrected chi connectivity index (χ0v) is 27.8. The van der Waals surface area contributed by atoms with E-state index in [0.29, 0.717) is 37.4 Å². The number of anilines is 2. The number of hydrogen-bond acceptors (Lipinski definition) is 11. The summed E-state index contributed by atoms with van der Waals surface area (Å²) < 4.78 is 6.55. The third-order valence-corrected chi connectivity index (χ3v) is 12.1. The highest BCUT2D eigenvalue weighted by Crippen LogP contribution is 2.42. The quantitative estimate of drug-likeness (QED) is 0.217. The van der Waals surface area contributed by atoms with Gasteiger partial charge in [0.05, 0.1) is 49.3 Å². The van der Waals surface area contributed by atoms with E-state index in [1.165, 1.54) is 55.5 Å². The second-order valence-corrected chi connectivity index (χ2v) is 14.9. The van der Waals surface area contributed by atoms with Crippen LogP contribution in [0.15, 0.2) is 18.2 Å². The van der Waals surface area contributed by atoms with Crippen LogP contribution in [0.3, 0.4) is 0 Å². The molecule has 6 aliphatic rings. The molecule has 7 N–H and O–H groups in total. The fourth-order valence-electron chi connectivity index (χ4n) is 8.94. The normalized spacial score (nSPS) is 39.0. The van der Waals surface area contributed by atoms with Crippen molar-refractivity contribution in [3.63, 3.8) is 0 Å². The lowest BCUT2D eigenvalue weighted by Crippen LogP contribution is -2.70. The molecule has 1 aromatic carbocycles. The maximum atomic E-state index is 11.3. The van der Waals surface area contributed by atoms with Crippen LogP contribution >= 0.6 is 0 Å². The minimum atomic E-state index is -0.960. The van der Waals surface area contributed by atoms with Crippen LogP contribution in [-0.4, -0.2) is 124 Å². The predicted octanol–water partition coefficient (Wildman–Crippen LogP) is 2.29. The Labute approximate surface area is 269 Å². The van der Waals surface area contributed by atoms with E-state index >= 15 is 0 Å². The van der Waals surface area contributed by atoms with Crippen molar-refractivity contribution in [2.45, 2.75) is 140 Å². The molecule has 11 heteroatoms. The van der Waals surface area contributed by atoms with Crippen LogP contribution in [0.2, 0.25) is 0 Å². The molecule has 2 aliphatic carbocycles. The van der Waals surface area contributed by atoms with Gasteiger partial charge in [-0.1, -0.05) is 26.3 Å². The molecule has 7 rings (SSSR count). The van der Waals surface area contributed by atoms with Gasteiger partial charge in [-0.05, 0) is 95.0 Å². The number of hydrogen-bond donors (Lipinski definition) is 6. The van der Waals surface area contributed by atoms with Crippen LogP contribution in [0, 0.1) is 5.92 Å². The standard InChI is InChI=1S/C34H58N8O3/c1-5-39-19-40(6-2)33-29(32(39)35)36-18-42(33)34-31(44)30(43)27(45-34)17-41(20(3)4)24-14-21(15-24)10-13-28-37-25-12-11-23(16-26(25)38-28)22-8-7-9-22/h11-12,16,20-22,24,27-34,36-38,43-44H,5-10,13-15,17-19,35H2,1-4H3/t21?,24?,27-,28?,29?,30-,31-,32?,33?,34-/m1/s1. The van der Waals surface area contributed by atoms with Crippen LogP contribution < -0.4 is 21.7 Å². The molecule has 4 unspecified atom stereocenters. The summed E-state index contributed by atoms with van der Waals surface area (Å²) in [7, 11) is 0. The summed E-state index contributed by atoms with van der Waals surface area (Å²) in [5.74, 6) is 1.48. The average Bonchev–Trinajstić information content (AvgIpc) is 3.67. The van der Waals surface area contributed by atoms with Crippen molar-refractivity contribution in [2.24, 2.45) is 11.7 Å². The Morgan fingerprint density at radius 1 is 1.02 bits per heavy atom. The van der Waals surface area contributed by atoms with Crippen LogP contribution in [0.1, 0.15) is 84.1 Å².